The molecule has 0 saturated heterocycles. The number of hydrogen-bond acceptors (Lipinski definition) is 5. The minimum atomic E-state index is -0.160. The molecule has 0 fully saturated rings. The van der Waals surface area contributed by atoms with E-state index in [1.54, 1.807) is 12.1 Å². The molecule has 0 unspecified atom stereocenters. The smallest absolute Gasteiger partial charge is 0.262 e. The van der Waals surface area contributed by atoms with Crippen molar-refractivity contribution in [3.63, 3.8) is 0 Å². The van der Waals surface area contributed by atoms with Crippen LogP contribution in [0.3, 0.4) is 0 Å². The molecule has 98 valence electrons. The van der Waals surface area contributed by atoms with Crippen LogP contribution in [-0.2, 0) is 9.53 Å². The quantitative estimate of drug-likeness (QED) is 0.538. The molecule has 0 bridgehead atoms. The monoisotopic (exact) mass is 251 g/mol. The molecule has 0 atom stereocenters. The van der Waals surface area contributed by atoms with Crippen molar-refractivity contribution < 1.29 is 14.3 Å². The number of anilines is 3. The maximum Gasteiger partial charge on any atom is 0.262 e. The Bertz CT molecular complexity index is 448. The number of hydrogen-bond donors (Lipinski definition) is 3. The van der Waals surface area contributed by atoms with Gasteiger partial charge in [-0.3, -0.25) is 4.79 Å². The molecule has 0 aromatic heterocycles. The summed E-state index contributed by atoms with van der Waals surface area (Å²) in [6.45, 7) is 3.93. The lowest BCUT2D eigenvalue weighted by molar-refractivity contribution is -0.118. The molecule has 0 saturated carbocycles. The van der Waals surface area contributed by atoms with Crippen molar-refractivity contribution in [2.45, 2.75) is 6.92 Å². The molecule has 2 rings (SSSR count). The number of benzene rings is 1. The van der Waals surface area contributed by atoms with E-state index >= 15 is 0 Å². The van der Waals surface area contributed by atoms with Crippen LogP contribution >= 0.6 is 0 Å². The molecule has 0 radical (unpaired) electrons. The Kier molecular flexibility index (Phi) is 3.88. The molecule has 6 heteroatoms. The number of rotatable bonds is 5. The number of ether oxygens (including phenoxy) is 2. The summed E-state index contributed by atoms with van der Waals surface area (Å²) in [7, 11) is 0. The Morgan fingerprint density at radius 2 is 2.39 bits per heavy atom. The number of amides is 1. The highest BCUT2D eigenvalue weighted by Gasteiger charge is 2.17. The van der Waals surface area contributed by atoms with E-state index in [-0.39, 0.29) is 12.5 Å². The fourth-order valence-corrected chi connectivity index (χ4v) is 1.70. The van der Waals surface area contributed by atoms with E-state index in [1.807, 2.05) is 6.92 Å². The summed E-state index contributed by atoms with van der Waals surface area (Å²) in [4.78, 5) is 11.2. The van der Waals surface area contributed by atoms with Crippen molar-refractivity contribution in [2.75, 3.05) is 42.7 Å². The summed E-state index contributed by atoms with van der Waals surface area (Å²) in [5.74, 6) is 0.440. The normalized spacial score (nSPS) is 13.5. The van der Waals surface area contributed by atoms with Crippen molar-refractivity contribution in [2.24, 2.45) is 0 Å². The third-order valence-corrected chi connectivity index (χ3v) is 2.55. The second-order valence-corrected chi connectivity index (χ2v) is 3.90. The van der Waals surface area contributed by atoms with Crippen LogP contribution in [-0.4, -0.2) is 32.3 Å². The standard InChI is InChI=1S/C12H17N3O3/c1-2-17-4-3-14-9-6-10-11(5-8(9)13)18-7-12(16)15-10/h5-6,14H,2-4,7,13H2,1H3,(H,15,16). The SMILES string of the molecule is CCOCCNc1cc2c(cc1N)OCC(=O)N2. The Hall–Kier alpha value is -1.95. The van der Waals surface area contributed by atoms with Gasteiger partial charge >= 0.3 is 0 Å². The fraction of sp³-hybridized carbons (Fsp3) is 0.417. The number of fused-ring (bicyclic) bond motifs is 1. The lowest BCUT2D eigenvalue weighted by Gasteiger charge is -2.20. The van der Waals surface area contributed by atoms with E-state index in [0.717, 1.165) is 5.69 Å². The van der Waals surface area contributed by atoms with Crippen LogP contribution in [0, 0.1) is 0 Å². The molecule has 1 aromatic carbocycles. The van der Waals surface area contributed by atoms with Gasteiger partial charge in [-0.2, -0.15) is 0 Å². The molecule has 1 heterocycles. The molecule has 0 aliphatic carbocycles. The third kappa shape index (κ3) is 2.84. The number of nitrogen functional groups attached to an aromatic ring is 1. The van der Waals surface area contributed by atoms with E-state index < -0.39 is 0 Å². The first-order chi connectivity index (χ1) is 8.70. The van der Waals surface area contributed by atoms with Gasteiger partial charge in [-0.25, -0.2) is 0 Å². The molecule has 6 nitrogen and oxygen atoms in total. The number of carbonyl (C=O) groups excluding carboxylic acids is 1. The topological polar surface area (TPSA) is 85.6 Å². The van der Waals surface area contributed by atoms with Gasteiger partial charge in [0.15, 0.2) is 6.61 Å². The molecule has 4 N–H and O–H groups in total. The zero-order chi connectivity index (χ0) is 13.0. The van der Waals surface area contributed by atoms with Crippen molar-refractivity contribution in [1.82, 2.24) is 0 Å². The predicted octanol–water partition coefficient (Wildman–Crippen LogP) is 1.05. The largest absolute Gasteiger partial charge is 0.482 e. The zero-order valence-electron chi connectivity index (χ0n) is 10.3. The summed E-state index contributed by atoms with van der Waals surface area (Å²) in [5, 5.41) is 5.89. The lowest BCUT2D eigenvalue weighted by Crippen LogP contribution is -2.25. The van der Waals surface area contributed by atoms with E-state index in [2.05, 4.69) is 10.6 Å². The van der Waals surface area contributed by atoms with Gasteiger partial charge in [0.25, 0.3) is 5.91 Å². The van der Waals surface area contributed by atoms with Crippen molar-refractivity contribution in [1.29, 1.82) is 0 Å². The minimum absolute atomic E-state index is 0.0313. The molecule has 1 aliphatic heterocycles. The van der Waals surface area contributed by atoms with Gasteiger partial charge in [0.1, 0.15) is 5.75 Å². The van der Waals surface area contributed by atoms with Crippen molar-refractivity contribution in [3.8, 4) is 5.75 Å². The second kappa shape index (κ2) is 5.59. The van der Waals surface area contributed by atoms with Crippen LogP contribution in [0.5, 0.6) is 5.75 Å². The Labute approximate surface area is 105 Å². The van der Waals surface area contributed by atoms with Gasteiger partial charge in [0, 0.05) is 19.2 Å². The average Bonchev–Trinajstić information content (AvgIpc) is 2.35. The van der Waals surface area contributed by atoms with Gasteiger partial charge in [0.2, 0.25) is 0 Å². The first-order valence-electron chi connectivity index (χ1n) is 5.88. The number of carbonyl (C=O) groups is 1. The highest BCUT2D eigenvalue weighted by molar-refractivity contribution is 5.97. The Balaban J connectivity index is 2.06. The summed E-state index contributed by atoms with van der Waals surface area (Å²) in [6, 6.07) is 3.48. The molecule has 1 amide bonds. The van der Waals surface area contributed by atoms with Gasteiger partial charge in [0.05, 0.1) is 23.7 Å². The maximum absolute atomic E-state index is 11.2. The van der Waals surface area contributed by atoms with Crippen LogP contribution in [0.25, 0.3) is 0 Å². The average molecular weight is 251 g/mol. The summed E-state index contributed by atoms with van der Waals surface area (Å²) in [6.07, 6.45) is 0. The second-order valence-electron chi connectivity index (χ2n) is 3.90. The van der Waals surface area contributed by atoms with Crippen molar-refractivity contribution >= 4 is 23.0 Å². The van der Waals surface area contributed by atoms with Gasteiger partial charge in [-0.15, -0.1) is 0 Å². The zero-order valence-corrected chi connectivity index (χ0v) is 10.3. The van der Waals surface area contributed by atoms with Crippen LogP contribution in [0.2, 0.25) is 0 Å². The molecule has 0 spiro atoms. The number of nitrogens with two attached hydrogens (primary N) is 1. The van der Waals surface area contributed by atoms with E-state index in [9.17, 15) is 4.79 Å². The van der Waals surface area contributed by atoms with Crippen LogP contribution in [0.4, 0.5) is 17.1 Å². The lowest BCUT2D eigenvalue weighted by atomic mass is 10.2. The molecular weight excluding hydrogens is 234 g/mol. The summed E-state index contributed by atoms with van der Waals surface area (Å²) < 4.78 is 10.5. The first kappa shape index (κ1) is 12.5. The molecular formula is C12H17N3O3. The van der Waals surface area contributed by atoms with Gasteiger partial charge < -0.3 is 25.8 Å². The molecule has 1 aromatic rings. The highest BCUT2D eigenvalue weighted by Crippen LogP contribution is 2.34. The van der Waals surface area contributed by atoms with Gasteiger partial charge in [-0.05, 0) is 13.0 Å². The van der Waals surface area contributed by atoms with E-state index in [0.29, 0.717) is 36.9 Å². The van der Waals surface area contributed by atoms with Crippen LogP contribution in [0.1, 0.15) is 6.92 Å². The van der Waals surface area contributed by atoms with Crippen LogP contribution in [0.15, 0.2) is 12.1 Å². The van der Waals surface area contributed by atoms with E-state index in [4.69, 9.17) is 15.2 Å². The first-order valence-corrected chi connectivity index (χ1v) is 5.88. The summed E-state index contributed by atoms with van der Waals surface area (Å²) >= 11 is 0. The number of nitrogens with one attached hydrogen (secondary N) is 2. The maximum atomic E-state index is 11.2. The van der Waals surface area contributed by atoms with E-state index in [1.165, 1.54) is 0 Å². The Morgan fingerprint density at radius 1 is 1.56 bits per heavy atom. The van der Waals surface area contributed by atoms with Gasteiger partial charge in [-0.1, -0.05) is 0 Å². The Morgan fingerprint density at radius 3 is 3.17 bits per heavy atom. The summed E-state index contributed by atoms with van der Waals surface area (Å²) in [5.41, 5.74) is 7.88. The highest BCUT2D eigenvalue weighted by atomic mass is 16.5. The minimum Gasteiger partial charge on any atom is -0.482 e. The van der Waals surface area contributed by atoms with Crippen LogP contribution < -0.4 is 21.1 Å². The third-order valence-electron chi connectivity index (χ3n) is 2.55. The predicted molar refractivity (Wildman–Crippen MR) is 70.0 cm³/mol. The molecule has 1 aliphatic rings. The molecule has 18 heavy (non-hydrogen) atoms. The van der Waals surface area contributed by atoms with Crippen molar-refractivity contribution in [3.05, 3.63) is 12.1 Å². The fourth-order valence-electron chi connectivity index (χ4n) is 1.70.